The maximum Gasteiger partial charge on any atom is 0.142 e. The molecule has 0 aliphatic heterocycles. The monoisotopic (exact) mass is 563 g/mol. The van der Waals surface area contributed by atoms with Crippen LogP contribution in [0.3, 0.4) is 0 Å². The summed E-state index contributed by atoms with van der Waals surface area (Å²) in [7, 11) is 0. The number of pyridine rings is 1. The van der Waals surface area contributed by atoms with E-state index in [1.54, 1.807) is 12.1 Å². The van der Waals surface area contributed by atoms with Crippen molar-refractivity contribution in [3.63, 3.8) is 0 Å². The second kappa shape index (κ2) is 8.92. The fourth-order valence-electron chi connectivity index (χ4n) is 8.90. The number of anilines is 1. The number of allylic oxidation sites excluding steroid dienone is 1. The Bertz CT molecular complexity index is 1330. The number of nitrogens with two attached hydrogens (primary N) is 1. The zero-order valence-electron chi connectivity index (χ0n) is 21.6. The number of nitrogen functional groups attached to an aromatic ring is 1. The van der Waals surface area contributed by atoms with Gasteiger partial charge in [0.25, 0.3) is 0 Å². The lowest BCUT2D eigenvalue weighted by Crippen LogP contribution is -2.50. The van der Waals surface area contributed by atoms with Gasteiger partial charge in [0.2, 0.25) is 0 Å². The Labute approximate surface area is 227 Å². The number of nitrogens with zero attached hydrogens (tertiary/aromatic N) is 2. The molecule has 0 unspecified atom stereocenters. The molecule has 194 valence electrons. The van der Waals surface area contributed by atoms with Gasteiger partial charge in [-0.1, -0.05) is 31.6 Å². The zero-order valence-corrected chi connectivity index (χ0v) is 23.2. The molecule has 0 amide bonds. The second-order valence-corrected chi connectivity index (χ2v) is 13.3. The van der Waals surface area contributed by atoms with Crippen molar-refractivity contribution in [2.45, 2.75) is 77.2 Å². The van der Waals surface area contributed by atoms with Crippen LogP contribution in [0, 0.1) is 45.7 Å². The van der Waals surface area contributed by atoms with Crippen LogP contribution in [0.4, 0.5) is 10.2 Å². The number of hydrogen-bond acceptors (Lipinski definition) is 4. The van der Waals surface area contributed by atoms with Crippen molar-refractivity contribution in [1.29, 1.82) is 5.26 Å². The molecule has 1 aromatic carbocycles. The number of rotatable bonds is 2. The first-order valence-electron chi connectivity index (χ1n) is 13.7. The maximum atomic E-state index is 14.0. The number of aliphatic hydroxyl groups is 1. The lowest BCUT2D eigenvalue weighted by atomic mass is 9.47. The number of fused-ring (bicyclic) bond motifs is 5. The van der Waals surface area contributed by atoms with E-state index in [0.29, 0.717) is 27.8 Å². The molecule has 3 N–H and O–H groups in total. The first kappa shape index (κ1) is 25.1. The SMILES string of the molecule is C[C@]12CC[C@H]3[C@@H](CC=C4C[C@@H](O)CC[C@@]43C)[C@@H]1CC[C@@H]2c1cc(-c2ccc(F)c(Br)c2)c(C#N)c(N)n1. The maximum absolute atomic E-state index is 14.0. The number of benzene rings is 1. The van der Waals surface area contributed by atoms with Gasteiger partial charge in [-0.05, 0) is 120 Å². The summed E-state index contributed by atoms with van der Waals surface area (Å²) in [5, 5.41) is 20.2. The fraction of sp³-hybridized carbons (Fsp3) is 0.548. The molecule has 6 rings (SSSR count). The highest BCUT2D eigenvalue weighted by Crippen LogP contribution is 2.68. The summed E-state index contributed by atoms with van der Waals surface area (Å²) >= 11 is 3.29. The smallest absolute Gasteiger partial charge is 0.142 e. The van der Waals surface area contributed by atoms with Crippen LogP contribution in [-0.4, -0.2) is 16.2 Å². The number of halogens is 2. The summed E-state index contributed by atoms with van der Waals surface area (Å²) in [6, 6.07) is 9.11. The van der Waals surface area contributed by atoms with E-state index in [1.165, 1.54) is 24.5 Å². The van der Waals surface area contributed by atoms with Gasteiger partial charge in [0.1, 0.15) is 23.3 Å². The predicted octanol–water partition coefficient (Wildman–Crippen LogP) is 7.51. The van der Waals surface area contributed by atoms with E-state index in [9.17, 15) is 14.8 Å². The molecular formula is C31H35BrFN3O. The third kappa shape index (κ3) is 3.80. The molecule has 7 atom stereocenters. The van der Waals surface area contributed by atoms with E-state index >= 15 is 0 Å². The fourth-order valence-corrected chi connectivity index (χ4v) is 9.28. The first-order valence-corrected chi connectivity index (χ1v) is 14.5. The minimum Gasteiger partial charge on any atom is -0.393 e. The number of nitriles is 1. The first-order chi connectivity index (χ1) is 17.7. The lowest BCUT2D eigenvalue weighted by Gasteiger charge is -2.58. The molecule has 0 spiro atoms. The van der Waals surface area contributed by atoms with Crippen molar-refractivity contribution < 1.29 is 9.50 Å². The van der Waals surface area contributed by atoms with Crippen molar-refractivity contribution in [1.82, 2.24) is 4.98 Å². The minimum atomic E-state index is -0.335. The van der Waals surface area contributed by atoms with Gasteiger partial charge < -0.3 is 10.8 Å². The minimum absolute atomic E-state index is 0.130. The number of hydrogen-bond donors (Lipinski definition) is 2. The van der Waals surface area contributed by atoms with Crippen LogP contribution in [0.15, 0.2) is 40.4 Å². The van der Waals surface area contributed by atoms with Gasteiger partial charge in [-0.25, -0.2) is 9.37 Å². The summed E-state index contributed by atoms with van der Waals surface area (Å²) in [5.74, 6) is 2.18. The zero-order chi connectivity index (χ0) is 26.1. The van der Waals surface area contributed by atoms with Crippen LogP contribution in [-0.2, 0) is 0 Å². The summed E-state index contributed by atoms with van der Waals surface area (Å²) < 4.78 is 14.3. The Morgan fingerprint density at radius 1 is 1.14 bits per heavy atom. The molecule has 3 fully saturated rings. The van der Waals surface area contributed by atoms with E-state index in [-0.39, 0.29) is 34.5 Å². The van der Waals surface area contributed by atoms with E-state index in [2.05, 4.69) is 41.9 Å². The Kier molecular flexibility index (Phi) is 6.04. The van der Waals surface area contributed by atoms with Gasteiger partial charge in [-0.3, -0.25) is 0 Å². The van der Waals surface area contributed by atoms with Gasteiger partial charge in [-0.2, -0.15) is 5.26 Å². The normalized spacial score (nSPS) is 36.6. The average molecular weight is 565 g/mol. The topological polar surface area (TPSA) is 82.9 Å². The van der Waals surface area contributed by atoms with Gasteiger partial charge in [0.15, 0.2) is 0 Å². The molecule has 4 aliphatic carbocycles. The summed E-state index contributed by atoms with van der Waals surface area (Å²) in [6.45, 7) is 4.93. The van der Waals surface area contributed by atoms with Gasteiger partial charge in [0, 0.05) is 17.2 Å². The van der Waals surface area contributed by atoms with Crippen molar-refractivity contribution in [2.24, 2.45) is 28.6 Å². The second-order valence-electron chi connectivity index (χ2n) is 12.4. The van der Waals surface area contributed by atoms with Crippen molar-refractivity contribution in [3.05, 3.63) is 57.5 Å². The summed E-state index contributed by atoms with van der Waals surface area (Å²) in [4.78, 5) is 4.81. The van der Waals surface area contributed by atoms with E-state index in [4.69, 9.17) is 10.7 Å². The number of aliphatic hydroxyl groups excluding tert-OH is 1. The Balaban J connectivity index is 1.36. The molecule has 0 radical (unpaired) electrons. The van der Waals surface area contributed by atoms with Gasteiger partial charge in [0.05, 0.1) is 10.6 Å². The van der Waals surface area contributed by atoms with Crippen LogP contribution >= 0.6 is 15.9 Å². The van der Waals surface area contributed by atoms with Gasteiger partial charge in [-0.15, -0.1) is 0 Å². The quantitative estimate of drug-likeness (QED) is 0.370. The van der Waals surface area contributed by atoms with E-state index in [1.807, 2.05) is 6.07 Å². The van der Waals surface area contributed by atoms with Crippen LogP contribution in [0.25, 0.3) is 11.1 Å². The molecule has 4 nitrogen and oxygen atoms in total. The van der Waals surface area contributed by atoms with Crippen LogP contribution in [0.5, 0.6) is 0 Å². The molecular weight excluding hydrogens is 529 g/mol. The summed E-state index contributed by atoms with van der Waals surface area (Å²) in [5.41, 5.74) is 11.0. The van der Waals surface area contributed by atoms with Gasteiger partial charge >= 0.3 is 0 Å². The Hall–Kier alpha value is -2.23. The molecule has 1 aromatic heterocycles. The largest absolute Gasteiger partial charge is 0.393 e. The standard InChI is InChI=1S/C31H35BrFN3O/c1-30-11-9-19(37)14-18(30)4-5-20-23-6-7-25(31(23,2)12-10-24(20)30)28-15-21(22(16-34)29(35)36-28)17-3-8-27(33)26(32)13-17/h3-4,8,13,15,19-20,23-25,37H,5-7,9-12,14H2,1-2H3,(H2,35,36)/t19-,20-,23-,24-,25+,30-,31-/m0/s1. The summed E-state index contributed by atoms with van der Waals surface area (Å²) in [6.07, 6.45) is 10.9. The highest BCUT2D eigenvalue weighted by molar-refractivity contribution is 9.10. The molecule has 4 aliphatic rings. The lowest BCUT2D eigenvalue weighted by molar-refractivity contribution is -0.0412. The van der Waals surface area contributed by atoms with Crippen LogP contribution in [0.2, 0.25) is 0 Å². The molecule has 2 aromatic rings. The molecule has 0 bridgehead atoms. The highest BCUT2D eigenvalue weighted by Gasteiger charge is 2.59. The molecule has 37 heavy (non-hydrogen) atoms. The third-order valence-electron chi connectivity index (χ3n) is 10.8. The van der Waals surface area contributed by atoms with E-state index in [0.717, 1.165) is 55.3 Å². The predicted molar refractivity (Wildman–Crippen MR) is 147 cm³/mol. The highest BCUT2D eigenvalue weighted by atomic mass is 79.9. The molecule has 6 heteroatoms. The molecule has 1 heterocycles. The Morgan fingerprint density at radius 3 is 2.70 bits per heavy atom. The van der Waals surface area contributed by atoms with Crippen LogP contribution < -0.4 is 5.73 Å². The average Bonchev–Trinajstić information content (AvgIpc) is 3.23. The van der Waals surface area contributed by atoms with Crippen molar-refractivity contribution in [3.8, 4) is 17.2 Å². The Morgan fingerprint density at radius 2 is 1.95 bits per heavy atom. The molecule has 0 saturated heterocycles. The van der Waals surface area contributed by atoms with Crippen LogP contribution in [0.1, 0.15) is 82.4 Å². The molecule has 3 saturated carbocycles. The van der Waals surface area contributed by atoms with E-state index < -0.39 is 0 Å². The van der Waals surface area contributed by atoms with Crippen molar-refractivity contribution in [2.75, 3.05) is 5.73 Å². The van der Waals surface area contributed by atoms with Crippen molar-refractivity contribution >= 4 is 21.7 Å². The number of aromatic nitrogens is 1. The third-order valence-corrected chi connectivity index (χ3v) is 11.5.